The highest BCUT2D eigenvalue weighted by Crippen LogP contribution is 2.18. The van der Waals surface area contributed by atoms with Crippen molar-refractivity contribution in [2.45, 2.75) is 19.9 Å². The van der Waals surface area contributed by atoms with Gasteiger partial charge in [-0.2, -0.15) is 4.98 Å². The van der Waals surface area contributed by atoms with Crippen LogP contribution in [0.3, 0.4) is 0 Å². The minimum Gasteiger partial charge on any atom is -0.346 e. The van der Waals surface area contributed by atoms with Gasteiger partial charge in [0.2, 0.25) is 5.95 Å². The molecule has 5 heteroatoms. The van der Waals surface area contributed by atoms with Crippen molar-refractivity contribution in [1.29, 1.82) is 0 Å². The lowest BCUT2D eigenvalue weighted by Crippen LogP contribution is -2.07. The van der Waals surface area contributed by atoms with Gasteiger partial charge in [-0.25, -0.2) is 4.52 Å². The molecule has 0 saturated heterocycles. The van der Waals surface area contributed by atoms with Crippen LogP contribution in [0, 0.1) is 6.92 Å². The quantitative estimate of drug-likeness (QED) is 0.789. The average molecular weight is 331 g/mol. The van der Waals surface area contributed by atoms with Crippen LogP contribution in [-0.2, 0) is 0 Å². The van der Waals surface area contributed by atoms with Gasteiger partial charge in [0.25, 0.3) is 0 Å². The SMILES string of the molecule is Cc1ccc(C(C)Nc2nc3ccc(Br)cn3n2)cc1. The monoisotopic (exact) mass is 330 g/mol. The van der Waals surface area contributed by atoms with Gasteiger partial charge in [0.05, 0.1) is 6.04 Å². The molecular formula is C15H15BrN4. The normalized spacial score (nSPS) is 12.6. The summed E-state index contributed by atoms with van der Waals surface area (Å²) < 4.78 is 2.74. The molecule has 0 aliphatic rings. The summed E-state index contributed by atoms with van der Waals surface area (Å²) in [5.74, 6) is 0.635. The number of pyridine rings is 1. The summed E-state index contributed by atoms with van der Waals surface area (Å²) >= 11 is 3.43. The summed E-state index contributed by atoms with van der Waals surface area (Å²) in [6, 6.07) is 12.5. The van der Waals surface area contributed by atoms with Crippen molar-refractivity contribution in [3.8, 4) is 0 Å². The number of aryl methyl sites for hydroxylation is 1. The van der Waals surface area contributed by atoms with Gasteiger partial charge in [-0.1, -0.05) is 29.8 Å². The van der Waals surface area contributed by atoms with E-state index in [4.69, 9.17) is 0 Å². The second-order valence-electron chi connectivity index (χ2n) is 4.86. The summed E-state index contributed by atoms with van der Waals surface area (Å²) in [5, 5.41) is 7.75. The Balaban J connectivity index is 1.83. The standard InChI is InChI=1S/C15H15BrN4/c1-10-3-5-12(6-4-10)11(2)17-15-18-14-8-7-13(16)9-20(14)19-15/h3-9,11H,1-2H3,(H,17,19). The molecule has 2 aromatic heterocycles. The fourth-order valence-electron chi connectivity index (χ4n) is 2.05. The number of halogens is 1. The van der Waals surface area contributed by atoms with Crippen LogP contribution >= 0.6 is 15.9 Å². The molecule has 0 radical (unpaired) electrons. The van der Waals surface area contributed by atoms with Gasteiger partial charge in [-0.15, -0.1) is 5.10 Å². The summed E-state index contributed by atoms with van der Waals surface area (Å²) in [6.45, 7) is 4.19. The van der Waals surface area contributed by atoms with Gasteiger partial charge in [0.1, 0.15) is 0 Å². The summed E-state index contributed by atoms with van der Waals surface area (Å²) in [5.41, 5.74) is 3.30. The van der Waals surface area contributed by atoms with Crippen molar-refractivity contribution in [3.63, 3.8) is 0 Å². The number of nitrogens with zero attached hydrogens (tertiary/aromatic N) is 3. The van der Waals surface area contributed by atoms with Gasteiger partial charge < -0.3 is 5.32 Å². The van der Waals surface area contributed by atoms with Crippen LogP contribution in [0.2, 0.25) is 0 Å². The third kappa shape index (κ3) is 2.67. The molecule has 0 saturated carbocycles. The molecular weight excluding hydrogens is 316 g/mol. The van der Waals surface area contributed by atoms with Crippen LogP contribution < -0.4 is 5.32 Å². The van der Waals surface area contributed by atoms with E-state index in [2.05, 4.69) is 69.4 Å². The molecule has 1 N–H and O–H groups in total. The number of hydrogen-bond acceptors (Lipinski definition) is 3. The van der Waals surface area contributed by atoms with E-state index < -0.39 is 0 Å². The van der Waals surface area contributed by atoms with E-state index in [1.165, 1.54) is 11.1 Å². The minimum absolute atomic E-state index is 0.163. The third-order valence-corrected chi connectivity index (χ3v) is 3.69. The first-order valence-corrected chi connectivity index (χ1v) is 7.26. The highest BCUT2D eigenvalue weighted by atomic mass is 79.9. The van der Waals surface area contributed by atoms with Gasteiger partial charge in [-0.05, 0) is 47.5 Å². The van der Waals surface area contributed by atoms with Crippen molar-refractivity contribution in [2.75, 3.05) is 5.32 Å². The van der Waals surface area contributed by atoms with E-state index in [1.807, 2.05) is 18.3 Å². The first-order valence-electron chi connectivity index (χ1n) is 6.47. The maximum absolute atomic E-state index is 4.46. The van der Waals surface area contributed by atoms with E-state index in [0.29, 0.717) is 5.95 Å². The van der Waals surface area contributed by atoms with Crippen LogP contribution in [0.25, 0.3) is 5.65 Å². The van der Waals surface area contributed by atoms with Crippen LogP contribution in [0.5, 0.6) is 0 Å². The van der Waals surface area contributed by atoms with E-state index in [-0.39, 0.29) is 6.04 Å². The number of nitrogens with one attached hydrogen (secondary N) is 1. The van der Waals surface area contributed by atoms with Crippen molar-refractivity contribution < 1.29 is 0 Å². The van der Waals surface area contributed by atoms with Gasteiger partial charge in [-0.3, -0.25) is 0 Å². The highest BCUT2D eigenvalue weighted by molar-refractivity contribution is 9.10. The number of benzene rings is 1. The topological polar surface area (TPSA) is 42.2 Å². The van der Waals surface area contributed by atoms with Crippen LogP contribution in [0.1, 0.15) is 24.1 Å². The molecule has 0 amide bonds. The summed E-state index contributed by atoms with van der Waals surface area (Å²) in [4.78, 5) is 4.46. The van der Waals surface area contributed by atoms with Gasteiger partial charge in [0.15, 0.2) is 5.65 Å². The molecule has 0 fully saturated rings. The smallest absolute Gasteiger partial charge is 0.243 e. The molecule has 0 bridgehead atoms. The Morgan fingerprint density at radius 2 is 1.90 bits per heavy atom. The molecule has 4 nitrogen and oxygen atoms in total. The number of hydrogen-bond donors (Lipinski definition) is 1. The number of rotatable bonds is 3. The predicted molar refractivity (Wildman–Crippen MR) is 83.9 cm³/mol. The lowest BCUT2D eigenvalue weighted by atomic mass is 10.1. The predicted octanol–water partition coefficient (Wildman–Crippen LogP) is 3.97. The summed E-state index contributed by atoms with van der Waals surface area (Å²) in [7, 11) is 0. The molecule has 1 aromatic carbocycles. The molecule has 1 atom stereocenters. The van der Waals surface area contributed by atoms with Crippen LogP contribution in [-0.4, -0.2) is 14.6 Å². The second-order valence-corrected chi connectivity index (χ2v) is 5.78. The fraction of sp³-hybridized carbons (Fsp3) is 0.200. The zero-order valence-corrected chi connectivity index (χ0v) is 12.9. The first kappa shape index (κ1) is 13.1. The Hall–Kier alpha value is -1.88. The minimum atomic E-state index is 0.163. The Bertz CT molecular complexity index is 733. The zero-order valence-electron chi connectivity index (χ0n) is 11.3. The number of aromatic nitrogens is 3. The van der Waals surface area contributed by atoms with Crippen molar-refractivity contribution in [1.82, 2.24) is 14.6 Å². The Morgan fingerprint density at radius 1 is 1.15 bits per heavy atom. The molecule has 0 aliphatic heterocycles. The molecule has 2 heterocycles. The first-order chi connectivity index (χ1) is 9.61. The largest absolute Gasteiger partial charge is 0.346 e. The zero-order chi connectivity index (χ0) is 14.1. The van der Waals surface area contributed by atoms with E-state index >= 15 is 0 Å². The summed E-state index contributed by atoms with van der Waals surface area (Å²) in [6.07, 6.45) is 1.89. The maximum Gasteiger partial charge on any atom is 0.243 e. The lowest BCUT2D eigenvalue weighted by molar-refractivity contribution is 0.852. The Morgan fingerprint density at radius 3 is 2.65 bits per heavy atom. The molecule has 3 aromatic rings. The van der Waals surface area contributed by atoms with Crippen molar-refractivity contribution in [3.05, 3.63) is 58.2 Å². The fourth-order valence-corrected chi connectivity index (χ4v) is 2.38. The lowest BCUT2D eigenvalue weighted by Gasteiger charge is -2.12. The maximum atomic E-state index is 4.46. The average Bonchev–Trinajstić information content (AvgIpc) is 2.80. The Labute approximate surface area is 126 Å². The van der Waals surface area contributed by atoms with Gasteiger partial charge >= 0.3 is 0 Å². The van der Waals surface area contributed by atoms with Crippen molar-refractivity contribution >= 4 is 27.5 Å². The second kappa shape index (κ2) is 5.25. The number of anilines is 1. The van der Waals surface area contributed by atoms with E-state index in [9.17, 15) is 0 Å². The molecule has 0 spiro atoms. The number of fused-ring (bicyclic) bond motifs is 1. The van der Waals surface area contributed by atoms with E-state index in [1.54, 1.807) is 4.52 Å². The highest BCUT2D eigenvalue weighted by Gasteiger charge is 2.09. The van der Waals surface area contributed by atoms with Gasteiger partial charge in [0, 0.05) is 10.7 Å². The molecule has 102 valence electrons. The van der Waals surface area contributed by atoms with E-state index in [0.717, 1.165) is 10.1 Å². The Kier molecular flexibility index (Phi) is 3.44. The van der Waals surface area contributed by atoms with Crippen LogP contribution in [0.4, 0.5) is 5.95 Å². The third-order valence-electron chi connectivity index (χ3n) is 3.22. The van der Waals surface area contributed by atoms with Crippen molar-refractivity contribution in [2.24, 2.45) is 0 Å². The molecule has 20 heavy (non-hydrogen) atoms. The molecule has 0 aliphatic carbocycles. The molecule has 1 unspecified atom stereocenters. The molecule has 3 rings (SSSR count). The van der Waals surface area contributed by atoms with Crippen LogP contribution in [0.15, 0.2) is 47.1 Å².